The highest BCUT2D eigenvalue weighted by atomic mass is 28.3. The van der Waals surface area contributed by atoms with Crippen molar-refractivity contribution in [2.75, 3.05) is 4.90 Å². The van der Waals surface area contributed by atoms with E-state index in [-0.39, 0.29) is 27.9 Å². The van der Waals surface area contributed by atoms with Crippen molar-refractivity contribution in [2.24, 2.45) is 4.99 Å². The Morgan fingerprint density at radius 3 is 1.81 bits per heavy atom. The molecule has 0 aliphatic carbocycles. The van der Waals surface area contributed by atoms with Gasteiger partial charge in [0.05, 0.1) is 36.1 Å². The van der Waals surface area contributed by atoms with Gasteiger partial charge in [-0.15, -0.1) is 0 Å². The molecular weight excluding hydrogens is 857 g/mol. The molecule has 0 atom stereocenters. The highest BCUT2D eigenvalue weighted by Crippen LogP contribution is 2.43. The maximum Gasteiger partial charge on any atom is 0.145 e. The zero-order valence-electron chi connectivity index (χ0n) is 47.8. The largest absolute Gasteiger partial charge is 0.457 e. The lowest BCUT2D eigenvalue weighted by Gasteiger charge is -2.40. The quantitative estimate of drug-likeness (QED) is 0.0948. The average molecular weight is 913 g/mol. The molecule has 0 unspecified atom stereocenters. The molecule has 0 saturated heterocycles. The Hall–Kier alpha value is -8.58. The van der Waals surface area contributed by atoms with Gasteiger partial charge >= 0.3 is 0 Å². The summed E-state index contributed by atoms with van der Waals surface area (Å²) in [5.41, 5.74) is 5.30. The summed E-state index contributed by atoms with van der Waals surface area (Å²) in [7, 11) is -2.47. The third-order valence-electron chi connectivity index (χ3n) is 13.6. The van der Waals surface area contributed by atoms with E-state index < -0.39 is 68.5 Å². The number of fused-ring (bicyclic) bond motifs is 12. The van der Waals surface area contributed by atoms with Crippen LogP contribution in [0.25, 0.3) is 82.0 Å². The zero-order chi connectivity index (χ0) is 54.9. The lowest BCUT2D eigenvalue weighted by Crippen LogP contribution is -2.59. The average Bonchev–Trinajstić information content (AvgIpc) is 4.04. The van der Waals surface area contributed by atoms with Crippen LogP contribution < -0.4 is 20.0 Å². The summed E-state index contributed by atoms with van der Waals surface area (Å²) >= 11 is 0. The summed E-state index contributed by atoms with van der Waals surface area (Å²) < 4.78 is 96.6. The number of para-hydroxylation sites is 3. The van der Waals surface area contributed by atoms with Gasteiger partial charge in [-0.25, -0.2) is 9.98 Å². The molecule has 328 valence electrons. The number of anilines is 2. The molecule has 13 rings (SSSR count). The maximum atomic E-state index is 9.05. The predicted octanol–water partition coefficient (Wildman–Crippen LogP) is 15.7. The summed E-state index contributed by atoms with van der Waals surface area (Å²) in [5, 5.41) is 10.8. The summed E-state index contributed by atoms with van der Waals surface area (Å²) in [6.45, 7) is 6.62. The van der Waals surface area contributed by atoms with Crippen molar-refractivity contribution in [3.05, 3.63) is 224 Å². The fraction of sp³-hybridized carbons (Fsp3) is 0.0476. The summed E-state index contributed by atoms with van der Waals surface area (Å²) in [5.74, 6) is 1.13. The second-order valence-electron chi connectivity index (χ2n) is 17.9. The molecule has 6 heteroatoms. The van der Waals surface area contributed by atoms with E-state index in [1.165, 1.54) is 0 Å². The number of aliphatic imine (C=N–C) groups is 1. The Kier molecular flexibility index (Phi) is 7.30. The van der Waals surface area contributed by atoms with E-state index in [0.29, 0.717) is 11.5 Å². The third-order valence-corrected chi connectivity index (χ3v) is 17.2. The van der Waals surface area contributed by atoms with Gasteiger partial charge in [0.2, 0.25) is 0 Å². The number of nitrogens with zero attached hydrogens (tertiary/aromatic N) is 4. The topological polar surface area (TPSA) is 42.1 Å². The van der Waals surface area contributed by atoms with Gasteiger partial charge in [0.25, 0.3) is 0 Å². The number of pyridine rings is 1. The summed E-state index contributed by atoms with van der Waals surface area (Å²) in [6.07, 6.45) is 3.45. The Morgan fingerprint density at radius 2 is 1.12 bits per heavy atom. The van der Waals surface area contributed by atoms with E-state index in [0.717, 1.165) is 87.1 Å². The molecule has 0 N–H and O–H groups in total. The number of rotatable bonds is 6. The van der Waals surface area contributed by atoms with Crippen molar-refractivity contribution in [3.8, 4) is 33.8 Å². The molecule has 3 aromatic heterocycles. The molecule has 0 spiro atoms. The van der Waals surface area contributed by atoms with E-state index >= 15 is 0 Å². The van der Waals surface area contributed by atoms with Crippen molar-refractivity contribution in [1.82, 2.24) is 9.38 Å². The monoisotopic (exact) mass is 912 g/mol. The molecule has 12 aromatic rings. The minimum atomic E-state index is -2.47. The minimum Gasteiger partial charge on any atom is -0.457 e. The Balaban J connectivity index is 1.02. The maximum absolute atomic E-state index is 9.05. The molecule has 4 heterocycles. The number of hydrogen-bond acceptors (Lipinski definition) is 3. The first-order valence-corrected chi connectivity index (χ1v) is 25.8. The van der Waals surface area contributed by atoms with Crippen LogP contribution in [0.3, 0.4) is 0 Å². The number of hydrogen-bond donors (Lipinski definition) is 0. The van der Waals surface area contributed by atoms with Gasteiger partial charge < -0.3 is 9.64 Å². The summed E-state index contributed by atoms with van der Waals surface area (Å²) in [4.78, 5) is 12.3. The van der Waals surface area contributed by atoms with Crippen molar-refractivity contribution in [2.45, 2.75) is 20.0 Å². The highest BCUT2D eigenvalue weighted by Gasteiger charge is 2.39. The van der Waals surface area contributed by atoms with Gasteiger partial charge in [-0.1, -0.05) is 183 Å². The SMILES string of the molecule is [2H]c1c([2H])c([2H])c(-c2cccc(-c3c([2H])c([2H])c([2H])c([2H])c3[2H])c2N=CN2c3cc(Oc4ccc5c6cccc7c8ccccc8c8ccccc8c8cccnc8n(c5c4)c76)ccc3[Si](C)(C)c3cccc(C)c32)c([2H])c1[2H]. The van der Waals surface area contributed by atoms with E-state index in [2.05, 4.69) is 115 Å². The van der Waals surface area contributed by atoms with Crippen LogP contribution in [0.5, 0.6) is 11.5 Å². The van der Waals surface area contributed by atoms with Crippen molar-refractivity contribution < 1.29 is 18.4 Å². The van der Waals surface area contributed by atoms with Crippen LogP contribution >= 0.6 is 0 Å². The molecule has 0 bridgehead atoms. The van der Waals surface area contributed by atoms with Gasteiger partial charge in [-0.2, -0.15) is 0 Å². The lowest BCUT2D eigenvalue weighted by atomic mass is 9.96. The fourth-order valence-electron chi connectivity index (χ4n) is 10.5. The molecule has 69 heavy (non-hydrogen) atoms. The summed E-state index contributed by atoms with van der Waals surface area (Å²) in [6, 6.07) is 45.5. The van der Waals surface area contributed by atoms with Gasteiger partial charge in [0.15, 0.2) is 0 Å². The molecular formula is C63H46N4OSi. The van der Waals surface area contributed by atoms with Crippen LogP contribution in [0, 0.1) is 6.92 Å². The van der Waals surface area contributed by atoms with Crippen LogP contribution in [-0.2, 0) is 0 Å². The number of aryl methyl sites for hydroxylation is 1. The van der Waals surface area contributed by atoms with Crippen LogP contribution in [0.2, 0.25) is 13.1 Å². The van der Waals surface area contributed by atoms with Crippen molar-refractivity contribution in [3.63, 3.8) is 0 Å². The molecule has 1 aliphatic heterocycles. The zero-order valence-corrected chi connectivity index (χ0v) is 38.8. The van der Waals surface area contributed by atoms with Crippen LogP contribution in [0.4, 0.5) is 17.1 Å². The van der Waals surface area contributed by atoms with Crippen molar-refractivity contribution in [1.29, 1.82) is 0 Å². The minimum absolute atomic E-state index is 0.0379. The first-order chi connectivity index (χ1) is 38.1. The molecule has 0 amide bonds. The van der Waals surface area contributed by atoms with Crippen LogP contribution in [0.1, 0.15) is 19.3 Å². The molecule has 5 nitrogen and oxygen atoms in total. The Morgan fingerprint density at radius 1 is 0.551 bits per heavy atom. The second-order valence-corrected chi connectivity index (χ2v) is 22.2. The molecule has 0 saturated carbocycles. The Bertz CT molecular complexity index is 4590. The lowest BCUT2D eigenvalue weighted by molar-refractivity contribution is 0.483. The van der Waals surface area contributed by atoms with E-state index in [9.17, 15) is 0 Å². The molecule has 1 aliphatic rings. The normalized spacial score (nSPS) is 15.2. The number of aromatic nitrogens is 2. The first-order valence-electron chi connectivity index (χ1n) is 27.8. The second kappa shape index (κ2) is 16.0. The van der Waals surface area contributed by atoms with E-state index in [4.69, 9.17) is 28.4 Å². The van der Waals surface area contributed by atoms with Gasteiger partial charge in [0, 0.05) is 56.7 Å². The smallest absolute Gasteiger partial charge is 0.145 e. The first kappa shape index (κ1) is 31.4. The van der Waals surface area contributed by atoms with E-state index in [1.54, 1.807) is 24.5 Å². The predicted molar refractivity (Wildman–Crippen MR) is 294 cm³/mol. The van der Waals surface area contributed by atoms with Crippen LogP contribution in [-0.4, -0.2) is 23.8 Å². The third kappa shape index (κ3) is 6.51. The standard InChI is InChI=1S/C63H46N4OSi/c1-41-18-14-32-59-61(41)66(40-65-60-46(42-19-6-4-7-20-42)27-15-28-47(60)43-21-8-5-9-22-43)57-39-45(34-36-58(57)69(59,2)3)68-44-33-35-52-54-30-16-29-53-50-25-12-10-23-48(50)49-24-11-13-26-51(49)55-31-17-37-64-63(55)67(62(53)54)56(52)38-44/h4-40H,1-3H3/i4D,5D,6D,7D,8D,9D,19D,20D,21D,22D. The number of ether oxygens (including phenoxy) is 1. The van der Waals surface area contributed by atoms with Crippen LogP contribution in [0.15, 0.2) is 223 Å². The number of benzene rings is 9. The van der Waals surface area contributed by atoms with Gasteiger partial charge in [-0.05, 0) is 85.9 Å². The van der Waals surface area contributed by atoms with Gasteiger partial charge in [0.1, 0.15) is 31.6 Å². The molecule has 0 fully saturated rings. The highest BCUT2D eigenvalue weighted by molar-refractivity contribution is 7.02. The molecule has 9 aromatic carbocycles. The Labute approximate surface area is 415 Å². The fourth-order valence-corrected chi connectivity index (χ4v) is 13.6. The molecule has 0 radical (unpaired) electrons. The van der Waals surface area contributed by atoms with Crippen molar-refractivity contribution >= 4 is 102 Å². The van der Waals surface area contributed by atoms with E-state index in [1.807, 2.05) is 54.4 Å². The van der Waals surface area contributed by atoms with Gasteiger partial charge in [-0.3, -0.25) is 4.40 Å².